The molecular formula is C21H17N7O4S. The normalized spacial score (nSPS) is 11.0. The number of aromatic nitrogens is 5. The Bertz CT molecular complexity index is 1550. The number of carbonyl (C=O) groups is 1. The van der Waals surface area contributed by atoms with E-state index >= 15 is 0 Å². The number of nitrogens with zero attached hydrogens (tertiary/aromatic N) is 5. The van der Waals surface area contributed by atoms with Gasteiger partial charge in [-0.05, 0) is 36.6 Å². The minimum Gasteiger partial charge on any atom is -0.480 e. The maximum Gasteiger partial charge on any atom is 0.263 e. The Morgan fingerprint density at radius 1 is 1.18 bits per heavy atom. The van der Waals surface area contributed by atoms with Crippen molar-refractivity contribution in [3.63, 3.8) is 0 Å². The Balaban J connectivity index is 1.72. The number of methoxy groups -OCH3 is 1. The van der Waals surface area contributed by atoms with Crippen molar-refractivity contribution in [2.75, 3.05) is 12.4 Å². The van der Waals surface area contributed by atoms with Crippen molar-refractivity contribution in [2.24, 2.45) is 5.14 Å². The molecule has 0 saturated carbocycles. The van der Waals surface area contributed by atoms with Gasteiger partial charge in [0.1, 0.15) is 28.9 Å². The number of nitrogens with one attached hydrogen (secondary N) is 1. The van der Waals surface area contributed by atoms with Crippen molar-refractivity contribution in [2.45, 2.75) is 11.8 Å². The van der Waals surface area contributed by atoms with E-state index < -0.39 is 15.9 Å². The maximum absolute atomic E-state index is 12.6. The summed E-state index contributed by atoms with van der Waals surface area (Å²) < 4.78 is 30.7. The number of amides is 1. The van der Waals surface area contributed by atoms with Gasteiger partial charge in [0.25, 0.3) is 5.91 Å². The first-order valence-electron chi connectivity index (χ1n) is 9.40. The number of rotatable bonds is 4. The molecule has 3 aromatic heterocycles. The van der Waals surface area contributed by atoms with Gasteiger partial charge >= 0.3 is 0 Å². The lowest BCUT2D eigenvalue weighted by atomic mass is 10.2. The van der Waals surface area contributed by atoms with Crippen molar-refractivity contribution in [1.82, 2.24) is 24.5 Å². The summed E-state index contributed by atoms with van der Waals surface area (Å²) in [6.07, 6.45) is 5.08. The number of imidazole rings is 1. The molecule has 1 aromatic carbocycles. The van der Waals surface area contributed by atoms with Crippen LogP contribution in [0.25, 0.3) is 11.0 Å². The number of ether oxygens (including phenoxy) is 1. The van der Waals surface area contributed by atoms with E-state index in [-0.39, 0.29) is 27.7 Å². The number of primary sulfonamides is 1. The number of anilines is 1. The van der Waals surface area contributed by atoms with Crippen molar-refractivity contribution in [3.05, 3.63) is 66.0 Å². The van der Waals surface area contributed by atoms with Crippen molar-refractivity contribution in [1.29, 1.82) is 0 Å². The predicted molar refractivity (Wildman–Crippen MR) is 119 cm³/mol. The standard InChI is InChI=1S/C21H17N7O4S/c1-13-3-4-17-16(7-13)26-12-28(17)6-5-14-8-19(24-10-18(14)33(22,30)31)27-20(29)15-9-23-11-25-21(15)32-2/h3-4,7-12H,1-2H3,(H2,22,30,31)(H,24,27,29). The van der Waals surface area contributed by atoms with Crippen LogP contribution < -0.4 is 15.2 Å². The number of aryl methyl sites for hydroxylation is 1. The second-order valence-electron chi connectivity index (χ2n) is 6.85. The van der Waals surface area contributed by atoms with Crippen LogP contribution in [0.3, 0.4) is 0 Å². The van der Waals surface area contributed by atoms with E-state index in [0.717, 1.165) is 22.8 Å². The Hall–Kier alpha value is -4.34. The quantitative estimate of drug-likeness (QED) is 0.429. The van der Waals surface area contributed by atoms with E-state index in [1.54, 1.807) is 4.57 Å². The molecule has 11 nitrogen and oxygen atoms in total. The highest BCUT2D eigenvalue weighted by Crippen LogP contribution is 2.19. The van der Waals surface area contributed by atoms with Gasteiger partial charge in [-0.1, -0.05) is 6.07 Å². The lowest BCUT2D eigenvalue weighted by Crippen LogP contribution is -2.17. The fraction of sp³-hybridized carbons (Fsp3) is 0.0952. The van der Waals surface area contributed by atoms with E-state index in [1.165, 1.54) is 32.0 Å². The highest BCUT2D eigenvalue weighted by Gasteiger charge is 2.18. The second-order valence-corrected chi connectivity index (χ2v) is 8.38. The zero-order valence-electron chi connectivity index (χ0n) is 17.5. The number of nitrogens with two attached hydrogens (primary N) is 1. The number of carbonyl (C=O) groups excluding carboxylic acids is 1. The smallest absolute Gasteiger partial charge is 0.263 e. The molecule has 0 aliphatic carbocycles. The van der Waals surface area contributed by atoms with Crippen LogP contribution in [-0.2, 0) is 10.0 Å². The minimum atomic E-state index is -4.12. The first-order valence-corrected chi connectivity index (χ1v) is 10.9. The summed E-state index contributed by atoms with van der Waals surface area (Å²) in [5.41, 5.74) is 2.67. The van der Waals surface area contributed by atoms with E-state index in [0.29, 0.717) is 0 Å². The third-order valence-electron chi connectivity index (χ3n) is 4.54. The lowest BCUT2D eigenvalue weighted by Gasteiger charge is -2.09. The highest BCUT2D eigenvalue weighted by atomic mass is 32.2. The molecule has 0 fully saturated rings. The Morgan fingerprint density at radius 2 is 2.00 bits per heavy atom. The van der Waals surface area contributed by atoms with Crippen LogP contribution in [0.1, 0.15) is 21.5 Å². The Kier molecular flexibility index (Phi) is 5.74. The van der Waals surface area contributed by atoms with Crippen LogP contribution in [0.15, 0.2) is 54.2 Å². The molecular weight excluding hydrogens is 446 g/mol. The zero-order valence-corrected chi connectivity index (χ0v) is 18.3. The summed E-state index contributed by atoms with van der Waals surface area (Å²) in [4.78, 5) is 28.3. The zero-order chi connectivity index (χ0) is 23.6. The van der Waals surface area contributed by atoms with Gasteiger partial charge in [0, 0.05) is 12.2 Å². The van der Waals surface area contributed by atoms with Gasteiger partial charge in [-0.15, -0.1) is 0 Å². The maximum atomic E-state index is 12.6. The lowest BCUT2D eigenvalue weighted by molar-refractivity contribution is 0.102. The topological polar surface area (TPSA) is 155 Å². The molecule has 0 atom stereocenters. The van der Waals surface area contributed by atoms with Crippen LogP contribution in [0.4, 0.5) is 5.82 Å². The van der Waals surface area contributed by atoms with E-state index in [1.807, 2.05) is 25.1 Å². The molecule has 1 amide bonds. The fourth-order valence-corrected chi connectivity index (χ4v) is 3.60. The van der Waals surface area contributed by atoms with E-state index in [2.05, 4.69) is 37.2 Å². The molecule has 4 aromatic rings. The number of hydrogen-bond acceptors (Lipinski definition) is 8. The van der Waals surface area contributed by atoms with Gasteiger partial charge in [0.15, 0.2) is 0 Å². The van der Waals surface area contributed by atoms with Crippen LogP contribution in [-0.4, -0.2) is 45.9 Å². The van der Waals surface area contributed by atoms with Gasteiger partial charge in [-0.3, -0.25) is 9.36 Å². The summed E-state index contributed by atoms with van der Waals surface area (Å²) >= 11 is 0. The van der Waals surface area contributed by atoms with Gasteiger partial charge in [-0.2, -0.15) is 0 Å². The average molecular weight is 463 g/mol. The van der Waals surface area contributed by atoms with Gasteiger partial charge in [-0.25, -0.2) is 33.5 Å². The molecule has 12 heteroatoms. The summed E-state index contributed by atoms with van der Waals surface area (Å²) in [6.45, 7) is 1.95. The molecule has 166 valence electrons. The Morgan fingerprint density at radius 3 is 2.76 bits per heavy atom. The average Bonchev–Trinajstić information content (AvgIpc) is 3.18. The SMILES string of the molecule is COc1ncncc1C(=O)Nc1cc(C#Cn2cnc3cc(C)ccc32)c(S(N)(=O)=O)cn1. The number of benzene rings is 1. The summed E-state index contributed by atoms with van der Waals surface area (Å²) in [5, 5.41) is 7.87. The highest BCUT2D eigenvalue weighted by molar-refractivity contribution is 7.89. The second kappa shape index (κ2) is 8.65. The summed E-state index contributed by atoms with van der Waals surface area (Å²) in [6, 6.07) is 9.85. The van der Waals surface area contributed by atoms with Gasteiger partial charge < -0.3 is 10.1 Å². The fourth-order valence-electron chi connectivity index (χ4n) is 2.99. The van der Waals surface area contributed by atoms with Crippen molar-refractivity contribution in [3.8, 4) is 17.8 Å². The van der Waals surface area contributed by atoms with Crippen LogP contribution in [0.2, 0.25) is 0 Å². The van der Waals surface area contributed by atoms with E-state index in [9.17, 15) is 13.2 Å². The third-order valence-corrected chi connectivity index (χ3v) is 5.48. The minimum absolute atomic E-state index is 0.0491. The van der Waals surface area contributed by atoms with Crippen LogP contribution >= 0.6 is 0 Å². The number of pyridine rings is 1. The van der Waals surface area contributed by atoms with E-state index in [4.69, 9.17) is 9.88 Å². The predicted octanol–water partition coefficient (Wildman–Crippen LogP) is 1.30. The number of fused-ring (bicyclic) bond motifs is 1. The number of hydrogen-bond donors (Lipinski definition) is 2. The molecule has 0 spiro atoms. The third kappa shape index (κ3) is 4.64. The molecule has 4 rings (SSSR count). The van der Waals surface area contributed by atoms with Gasteiger partial charge in [0.05, 0.1) is 29.9 Å². The first kappa shape index (κ1) is 21.9. The summed E-state index contributed by atoms with van der Waals surface area (Å²) in [7, 11) is -2.76. The van der Waals surface area contributed by atoms with Crippen molar-refractivity contribution >= 4 is 32.8 Å². The monoisotopic (exact) mass is 463 g/mol. The molecule has 0 saturated heterocycles. The molecule has 0 radical (unpaired) electrons. The molecule has 0 aliphatic rings. The molecule has 3 heterocycles. The molecule has 3 N–H and O–H groups in total. The van der Waals surface area contributed by atoms with Crippen LogP contribution in [0.5, 0.6) is 5.88 Å². The molecule has 33 heavy (non-hydrogen) atoms. The summed E-state index contributed by atoms with van der Waals surface area (Å²) in [5.74, 6) is 2.30. The number of sulfonamides is 1. The Labute approximate surface area is 188 Å². The molecule has 0 bridgehead atoms. The first-order chi connectivity index (χ1) is 15.8. The van der Waals surface area contributed by atoms with Gasteiger partial charge in [0.2, 0.25) is 15.9 Å². The molecule has 0 unspecified atom stereocenters. The largest absolute Gasteiger partial charge is 0.480 e. The van der Waals surface area contributed by atoms with Crippen molar-refractivity contribution < 1.29 is 17.9 Å². The van der Waals surface area contributed by atoms with Crippen LogP contribution in [0, 0.1) is 18.9 Å². The molecule has 0 aliphatic heterocycles.